The Kier molecular flexibility index (Phi) is 2.36. The third kappa shape index (κ3) is 1.85. The molecule has 3 N–H and O–H groups in total. The highest BCUT2D eigenvalue weighted by Gasteiger charge is 1.99. The van der Waals surface area contributed by atoms with E-state index in [0.29, 0.717) is 12.3 Å². The summed E-state index contributed by atoms with van der Waals surface area (Å²) in [6, 6.07) is 7.25. The van der Waals surface area contributed by atoms with Crippen LogP contribution in [0.5, 0.6) is 5.75 Å². The predicted molar refractivity (Wildman–Crippen MR) is 54.0 cm³/mol. The zero-order valence-corrected chi connectivity index (χ0v) is 7.57. The van der Waals surface area contributed by atoms with Crippen LogP contribution in [0.1, 0.15) is 5.56 Å². The molecule has 1 aromatic heterocycles. The summed E-state index contributed by atoms with van der Waals surface area (Å²) in [6.45, 7) is 0.589. The maximum Gasteiger partial charge on any atom is 0.120 e. The minimum atomic E-state index is 0.309. The fourth-order valence-corrected chi connectivity index (χ4v) is 1.21. The topological polar surface area (TPSA) is 60.9 Å². The molecule has 0 bridgehead atoms. The summed E-state index contributed by atoms with van der Waals surface area (Å²) in [5, 5.41) is 19.1. The van der Waals surface area contributed by atoms with Crippen LogP contribution in [-0.4, -0.2) is 15.3 Å². The number of nitrogens with one attached hydrogen (secondary N) is 2. The minimum absolute atomic E-state index is 0.309. The fourth-order valence-electron chi connectivity index (χ4n) is 1.21. The molecule has 0 spiro atoms. The molecule has 0 saturated carbocycles. The fraction of sp³-hybridized carbons (Fsp3) is 0.100. The van der Waals surface area contributed by atoms with Gasteiger partial charge in [-0.3, -0.25) is 5.10 Å². The zero-order valence-electron chi connectivity index (χ0n) is 7.57. The predicted octanol–water partition coefficient (Wildman–Crippen LogP) is 1.73. The average Bonchev–Trinajstić information content (AvgIpc) is 2.69. The summed E-state index contributed by atoms with van der Waals surface area (Å²) < 4.78 is 0. The lowest BCUT2D eigenvalue weighted by Crippen LogP contribution is -1.98. The Hall–Kier alpha value is -1.97. The molecule has 4 nitrogen and oxygen atoms in total. The lowest BCUT2D eigenvalue weighted by molar-refractivity contribution is 0.469. The number of rotatable bonds is 3. The first-order chi connectivity index (χ1) is 6.86. The monoisotopic (exact) mass is 189 g/mol. The number of aromatic hydroxyl groups is 1. The molecular formula is C10H11N3O. The third-order valence-electron chi connectivity index (χ3n) is 1.97. The minimum Gasteiger partial charge on any atom is -0.508 e. The maximum absolute atomic E-state index is 9.48. The number of anilines is 1. The molecule has 0 fully saturated rings. The lowest BCUT2D eigenvalue weighted by Gasteiger charge is -2.04. The second-order valence-electron chi connectivity index (χ2n) is 2.97. The average molecular weight is 189 g/mol. The van der Waals surface area contributed by atoms with Gasteiger partial charge < -0.3 is 10.4 Å². The molecule has 72 valence electrons. The molecule has 14 heavy (non-hydrogen) atoms. The van der Waals surface area contributed by atoms with Crippen LogP contribution in [0.2, 0.25) is 0 Å². The molecule has 1 heterocycles. The van der Waals surface area contributed by atoms with E-state index in [1.54, 1.807) is 24.5 Å². The van der Waals surface area contributed by atoms with Crippen LogP contribution in [0.25, 0.3) is 0 Å². The molecule has 0 radical (unpaired) electrons. The molecule has 1 aromatic carbocycles. The molecule has 0 amide bonds. The highest BCUT2D eigenvalue weighted by atomic mass is 16.3. The van der Waals surface area contributed by atoms with Gasteiger partial charge in [0.15, 0.2) is 0 Å². The highest BCUT2D eigenvalue weighted by molar-refractivity contribution is 5.41. The van der Waals surface area contributed by atoms with Crippen molar-refractivity contribution in [2.45, 2.75) is 6.54 Å². The van der Waals surface area contributed by atoms with Crippen LogP contribution >= 0.6 is 0 Å². The van der Waals surface area contributed by atoms with Crippen LogP contribution < -0.4 is 5.32 Å². The summed E-state index contributed by atoms with van der Waals surface area (Å²) >= 11 is 0. The van der Waals surface area contributed by atoms with Gasteiger partial charge >= 0.3 is 0 Å². The van der Waals surface area contributed by atoms with E-state index in [2.05, 4.69) is 15.5 Å². The van der Waals surface area contributed by atoms with Crippen molar-refractivity contribution in [1.29, 1.82) is 0 Å². The number of aromatic amines is 1. The first kappa shape index (κ1) is 8.62. The Morgan fingerprint density at radius 2 is 2.21 bits per heavy atom. The van der Waals surface area contributed by atoms with Crippen LogP contribution in [0.3, 0.4) is 0 Å². The molecule has 0 aliphatic rings. The standard InChI is InChI=1S/C10H11N3O/c14-10-4-2-1-3-8(10)5-11-9-6-12-13-7-9/h1-4,6-7,11,14H,5H2,(H,12,13). The number of para-hydroxylation sites is 1. The van der Waals surface area contributed by atoms with Gasteiger partial charge in [0.2, 0.25) is 0 Å². The van der Waals surface area contributed by atoms with Crippen LogP contribution in [-0.2, 0) is 6.54 Å². The van der Waals surface area contributed by atoms with Gasteiger partial charge in [0.1, 0.15) is 5.75 Å². The summed E-state index contributed by atoms with van der Waals surface area (Å²) in [7, 11) is 0. The Morgan fingerprint density at radius 1 is 1.36 bits per heavy atom. The Labute approximate surface area is 81.6 Å². The molecule has 0 atom stereocenters. The molecule has 2 rings (SSSR count). The number of hydrogen-bond donors (Lipinski definition) is 3. The van der Waals surface area contributed by atoms with Crippen molar-refractivity contribution >= 4 is 5.69 Å². The van der Waals surface area contributed by atoms with Gasteiger partial charge in [0.25, 0.3) is 0 Å². The summed E-state index contributed by atoms with van der Waals surface area (Å²) in [6.07, 6.45) is 3.46. The molecule has 0 saturated heterocycles. The number of phenols is 1. The molecular weight excluding hydrogens is 178 g/mol. The van der Waals surface area contributed by atoms with Crippen molar-refractivity contribution in [2.24, 2.45) is 0 Å². The number of nitrogens with zero attached hydrogens (tertiary/aromatic N) is 1. The molecule has 0 aliphatic carbocycles. The van der Waals surface area contributed by atoms with E-state index in [4.69, 9.17) is 0 Å². The van der Waals surface area contributed by atoms with Gasteiger partial charge in [-0.25, -0.2) is 0 Å². The highest BCUT2D eigenvalue weighted by Crippen LogP contribution is 2.16. The van der Waals surface area contributed by atoms with Crippen molar-refractivity contribution in [3.63, 3.8) is 0 Å². The summed E-state index contributed by atoms with van der Waals surface area (Å²) in [5.74, 6) is 0.309. The first-order valence-corrected chi connectivity index (χ1v) is 4.36. The van der Waals surface area contributed by atoms with Gasteiger partial charge in [0, 0.05) is 18.3 Å². The normalized spacial score (nSPS) is 10.0. The Balaban J connectivity index is 2.02. The SMILES string of the molecule is Oc1ccccc1CNc1cn[nH]c1. The zero-order chi connectivity index (χ0) is 9.80. The smallest absolute Gasteiger partial charge is 0.120 e. The summed E-state index contributed by atoms with van der Waals surface area (Å²) in [5.41, 5.74) is 1.78. The second-order valence-corrected chi connectivity index (χ2v) is 2.97. The van der Waals surface area contributed by atoms with E-state index in [9.17, 15) is 5.11 Å². The van der Waals surface area contributed by atoms with Crippen LogP contribution in [0.15, 0.2) is 36.7 Å². The largest absolute Gasteiger partial charge is 0.508 e. The van der Waals surface area contributed by atoms with Crippen LogP contribution in [0.4, 0.5) is 5.69 Å². The van der Waals surface area contributed by atoms with E-state index >= 15 is 0 Å². The van der Waals surface area contributed by atoms with Gasteiger partial charge in [0.05, 0.1) is 11.9 Å². The summed E-state index contributed by atoms with van der Waals surface area (Å²) in [4.78, 5) is 0. The number of hydrogen-bond acceptors (Lipinski definition) is 3. The van der Waals surface area contributed by atoms with Gasteiger partial charge in [-0.15, -0.1) is 0 Å². The molecule has 2 aromatic rings. The van der Waals surface area contributed by atoms with Gasteiger partial charge in [-0.05, 0) is 6.07 Å². The maximum atomic E-state index is 9.48. The van der Waals surface area contributed by atoms with E-state index < -0.39 is 0 Å². The van der Waals surface area contributed by atoms with Crippen molar-refractivity contribution in [3.05, 3.63) is 42.2 Å². The van der Waals surface area contributed by atoms with Crippen molar-refractivity contribution in [1.82, 2.24) is 10.2 Å². The molecule has 4 heteroatoms. The quantitative estimate of drug-likeness (QED) is 0.689. The van der Waals surface area contributed by atoms with Crippen molar-refractivity contribution in [3.8, 4) is 5.75 Å². The van der Waals surface area contributed by atoms with Crippen molar-refractivity contribution in [2.75, 3.05) is 5.32 Å². The van der Waals surface area contributed by atoms with E-state index in [1.807, 2.05) is 12.1 Å². The number of aromatic nitrogens is 2. The molecule has 0 aliphatic heterocycles. The van der Waals surface area contributed by atoms with E-state index in [-0.39, 0.29) is 0 Å². The molecule has 0 unspecified atom stereocenters. The van der Waals surface area contributed by atoms with Crippen molar-refractivity contribution < 1.29 is 5.11 Å². The van der Waals surface area contributed by atoms with E-state index in [0.717, 1.165) is 11.3 Å². The lowest BCUT2D eigenvalue weighted by atomic mass is 10.2. The van der Waals surface area contributed by atoms with Crippen LogP contribution in [0, 0.1) is 0 Å². The Morgan fingerprint density at radius 3 is 2.93 bits per heavy atom. The number of phenolic OH excluding ortho intramolecular Hbond substituents is 1. The first-order valence-electron chi connectivity index (χ1n) is 4.36. The van der Waals surface area contributed by atoms with Gasteiger partial charge in [-0.1, -0.05) is 18.2 Å². The Bertz CT molecular complexity index is 398. The number of H-pyrrole nitrogens is 1. The second kappa shape index (κ2) is 3.83. The third-order valence-corrected chi connectivity index (χ3v) is 1.97. The van der Waals surface area contributed by atoms with E-state index in [1.165, 1.54) is 0 Å². The number of benzene rings is 1. The van der Waals surface area contributed by atoms with Gasteiger partial charge in [-0.2, -0.15) is 5.10 Å².